The smallest absolute Gasteiger partial charge is 0.240 e. The Balaban J connectivity index is 1.78. The molecule has 0 bridgehead atoms. The lowest BCUT2D eigenvalue weighted by Crippen LogP contribution is -2.34. The molecule has 3 rings (SSSR count). The molecule has 0 spiro atoms. The monoisotopic (exact) mass is 373 g/mol. The topological polar surface area (TPSA) is 79.4 Å². The molecule has 7 heteroatoms. The number of pyridine rings is 1. The number of sulfonamides is 1. The zero-order chi connectivity index (χ0) is 18.9. The van der Waals surface area contributed by atoms with Gasteiger partial charge in [0, 0.05) is 43.0 Å². The van der Waals surface area contributed by atoms with Crippen LogP contribution in [0.2, 0.25) is 0 Å². The average Bonchev–Trinajstić information content (AvgIpc) is 2.90. The van der Waals surface area contributed by atoms with Gasteiger partial charge in [0.1, 0.15) is 0 Å². The Bertz CT molecular complexity index is 913. The Morgan fingerprint density at radius 1 is 1.35 bits per heavy atom. The maximum Gasteiger partial charge on any atom is 0.240 e. The van der Waals surface area contributed by atoms with E-state index in [1.807, 2.05) is 32.0 Å². The maximum absolute atomic E-state index is 12.7. The van der Waals surface area contributed by atoms with E-state index in [4.69, 9.17) is 0 Å². The fraction of sp³-hybridized carbons (Fsp3) is 0.368. The number of hydrogen-bond acceptors (Lipinski definition) is 4. The Morgan fingerprint density at radius 2 is 2.12 bits per heavy atom. The number of fused-ring (bicyclic) bond motifs is 1. The minimum Gasteiger partial charge on any atom is -0.309 e. The van der Waals surface area contributed by atoms with Crippen molar-refractivity contribution in [2.24, 2.45) is 0 Å². The minimum absolute atomic E-state index is 0.0334. The number of hydrogen-bond donors (Lipinski definition) is 1. The van der Waals surface area contributed by atoms with Gasteiger partial charge in [-0.05, 0) is 56.2 Å². The third-order valence-corrected chi connectivity index (χ3v) is 6.10. The van der Waals surface area contributed by atoms with Gasteiger partial charge in [-0.2, -0.15) is 0 Å². The zero-order valence-electron chi connectivity index (χ0n) is 15.1. The summed E-state index contributed by atoms with van der Waals surface area (Å²) >= 11 is 0. The first kappa shape index (κ1) is 18.5. The van der Waals surface area contributed by atoms with Gasteiger partial charge in [0.2, 0.25) is 15.9 Å². The van der Waals surface area contributed by atoms with Crippen LogP contribution in [0.4, 0.5) is 5.69 Å². The molecule has 138 valence electrons. The van der Waals surface area contributed by atoms with Gasteiger partial charge in [0.05, 0.1) is 4.90 Å². The molecule has 0 saturated heterocycles. The quantitative estimate of drug-likeness (QED) is 0.872. The highest BCUT2D eigenvalue weighted by molar-refractivity contribution is 7.89. The molecule has 26 heavy (non-hydrogen) atoms. The van der Waals surface area contributed by atoms with Gasteiger partial charge in [-0.1, -0.05) is 6.07 Å². The second-order valence-electron chi connectivity index (χ2n) is 6.78. The minimum atomic E-state index is -3.64. The molecule has 0 aliphatic carbocycles. The molecule has 1 aromatic heterocycles. The van der Waals surface area contributed by atoms with E-state index >= 15 is 0 Å². The number of benzene rings is 1. The fourth-order valence-corrected chi connectivity index (χ4v) is 4.76. The molecule has 2 aromatic rings. The van der Waals surface area contributed by atoms with Crippen molar-refractivity contribution in [3.8, 4) is 0 Å². The van der Waals surface area contributed by atoms with E-state index in [0.717, 1.165) is 16.9 Å². The van der Waals surface area contributed by atoms with Crippen molar-refractivity contribution >= 4 is 21.6 Å². The number of aromatic nitrogens is 1. The van der Waals surface area contributed by atoms with Crippen LogP contribution in [-0.2, 0) is 27.7 Å². The van der Waals surface area contributed by atoms with Crippen LogP contribution in [-0.4, -0.2) is 31.4 Å². The number of nitrogens with zero attached hydrogens (tertiary/aromatic N) is 2. The van der Waals surface area contributed by atoms with Crippen LogP contribution in [0, 0.1) is 0 Å². The van der Waals surface area contributed by atoms with E-state index in [0.29, 0.717) is 12.8 Å². The molecule has 0 saturated carbocycles. The predicted octanol–water partition coefficient (Wildman–Crippen LogP) is 2.29. The largest absolute Gasteiger partial charge is 0.309 e. The second-order valence-corrected chi connectivity index (χ2v) is 8.49. The van der Waals surface area contributed by atoms with E-state index in [1.165, 1.54) is 6.92 Å². The Morgan fingerprint density at radius 3 is 2.77 bits per heavy atom. The third kappa shape index (κ3) is 3.78. The number of amides is 1. The molecular formula is C19H23N3O3S. The summed E-state index contributed by atoms with van der Waals surface area (Å²) in [4.78, 5) is 18.0. The van der Waals surface area contributed by atoms with E-state index in [9.17, 15) is 13.2 Å². The average molecular weight is 373 g/mol. The van der Waals surface area contributed by atoms with Crippen molar-refractivity contribution in [2.45, 2.75) is 50.6 Å². The summed E-state index contributed by atoms with van der Waals surface area (Å²) in [6, 6.07) is 10.3. The van der Waals surface area contributed by atoms with Crippen molar-refractivity contribution in [2.75, 3.05) is 4.90 Å². The van der Waals surface area contributed by atoms with E-state index < -0.39 is 10.0 Å². The van der Waals surface area contributed by atoms with Crippen LogP contribution in [0.3, 0.4) is 0 Å². The van der Waals surface area contributed by atoms with Crippen molar-refractivity contribution < 1.29 is 13.2 Å². The Hall–Kier alpha value is -2.25. The molecular weight excluding hydrogens is 350 g/mol. The third-order valence-electron chi connectivity index (χ3n) is 4.51. The van der Waals surface area contributed by atoms with Crippen molar-refractivity contribution in [3.63, 3.8) is 0 Å². The molecule has 1 aliphatic rings. The Kier molecular flexibility index (Phi) is 5.11. The molecule has 2 heterocycles. The highest BCUT2D eigenvalue weighted by Crippen LogP contribution is 2.33. The molecule has 1 aliphatic heterocycles. The van der Waals surface area contributed by atoms with E-state index in [2.05, 4.69) is 9.71 Å². The van der Waals surface area contributed by atoms with Crippen molar-refractivity contribution in [1.29, 1.82) is 0 Å². The van der Waals surface area contributed by atoms with Gasteiger partial charge >= 0.3 is 0 Å². The normalized spacial score (nSPS) is 17.8. The molecule has 6 nitrogen and oxygen atoms in total. The lowest BCUT2D eigenvalue weighted by Gasteiger charge is -2.20. The van der Waals surface area contributed by atoms with Gasteiger partial charge in [-0.25, -0.2) is 13.1 Å². The highest BCUT2D eigenvalue weighted by Gasteiger charge is 2.30. The van der Waals surface area contributed by atoms with Crippen LogP contribution in [0.15, 0.2) is 47.5 Å². The zero-order valence-corrected chi connectivity index (χ0v) is 16.0. The molecule has 0 radical (unpaired) electrons. The number of rotatable bonds is 5. The molecule has 0 fully saturated rings. The van der Waals surface area contributed by atoms with Crippen LogP contribution < -0.4 is 9.62 Å². The standard InChI is InChI=1S/C19H23N3O3S/c1-13(10-17-6-4-5-9-20-17)21-26(24,25)18-7-8-19-16(12-18)11-14(2)22(19)15(3)23/h4-9,12-14,21H,10-11H2,1-3H3/t13-,14+/m0/s1. The predicted molar refractivity (Wildman–Crippen MR) is 100 cm³/mol. The summed E-state index contributed by atoms with van der Waals surface area (Å²) in [5.74, 6) is -0.0334. The van der Waals surface area contributed by atoms with Gasteiger partial charge in [0.15, 0.2) is 0 Å². The van der Waals surface area contributed by atoms with E-state index in [1.54, 1.807) is 29.3 Å². The van der Waals surface area contributed by atoms with Crippen molar-refractivity contribution in [3.05, 3.63) is 53.9 Å². The first-order valence-electron chi connectivity index (χ1n) is 8.63. The van der Waals surface area contributed by atoms with Gasteiger partial charge < -0.3 is 4.90 Å². The summed E-state index contributed by atoms with van der Waals surface area (Å²) in [5, 5.41) is 0. The molecule has 1 N–H and O–H groups in total. The summed E-state index contributed by atoms with van der Waals surface area (Å²) < 4.78 is 28.1. The van der Waals surface area contributed by atoms with E-state index in [-0.39, 0.29) is 22.9 Å². The molecule has 2 atom stereocenters. The number of anilines is 1. The summed E-state index contributed by atoms with van der Waals surface area (Å²) in [6.07, 6.45) is 2.86. The van der Waals surface area contributed by atoms with Crippen LogP contribution in [0.1, 0.15) is 32.0 Å². The number of carbonyl (C=O) groups excluding carboxylic acids is 1. The first-order valence-corrected chi connectivity index (χ1v) is 10.1. The number of carbonyl (C=O) groups is 1. The lowest BCUT2D eigenvalue weighted by molar-refractivity contribution is -0.116. The SMILES string of the molecule is CC(=O)N1c2ccc(S(=O)(=O)N[C@@H](C)Cc3ccccn3)cc2C[C@H]1C. The summed E-state index contributed by atoms with van der Waals surface area (Å²) in [7, 11) is -3.64. The summed E-state index contributed by atoms with van der Waals surface area (Å²) in [6.45, 7) is 5.30. The molecule has 1 amide bonds. The van der Waals surface area contributed by atoms with Gasteiger partial charge in [-0.15, -0.1) is 0 Å². The van der Waals surface area contributed by atoms with Crippen LogP contribution in [0.5, 0.6) is 0 Å². The number of nitrogens with one attached hydrogen (secondary N) is 1. The van der Waals surface area contributed by atoms with Crippen molar-refractivity contribution in [1.82, 2.24) is 9.71 Å². The molecule has 0 unspecified atom stereocenters. The Labute approximate surface area is 154 Å². The highest BCUT2D eigenvalue weighted by atomic mass is 32.2. The lowest BCUT2D eigenvalue weighted by atomic mass is 10.1. The van der Waals surface area contributed by atoms with Crippen LogP contribution >= 0.6 is 0 Å². The van der Waals surface area contributed by atoms with Gasteiger partial charge in [-0.3, -0.25) is 9.78 Å². The first-order chi connectivity index (χ1) is 12.3. The van der Waals surface area contributed by atoms with Gasteiger partial charge in [0.25, 0.3) is 0 Å². The summed E-state index contributed by atoms with van der Waals surface area (Å²) in [5.41, 5.74) is 2.51. The second kappa shape index (κ2) is 7.17. The maximum atomic E-state index is 12.7. The van der Waals surface area contributed by atoms with Crippen LogP contribution in [0.25, 0.3) is 0 Å². The molecule has 1 aromatic carbocycles. The fourth-order valence-electron chi connectivity index (χ4n) is 3.46.